The summed E-state index contributed by atoms with van der Waals surface area (Å²) in [4.78, 5) is 2.82. The summed E-state index contributed by atoms with van der Waals surface area (Å²) in [7, 11) is 0. The van der Waals surface area contributed by atoms with Crippen molar-refractivity contribution in [1.29, 1.82) is 0 Å². The monoisotopic (exact) mass is 252 g/mol. The Kier molecular flexibility index (Phi) is 5.50. The smallest absolute Gasteiger partial charge is 0.0195 e. The van der Waals surface area contributed by atoms with Crippen LogP contribution in [-0.4, -0.2) is 36.6 Å². The van der Waals surface area contributed by atoms with Crippen LogP contribution in [0.15, 0.2) is 0 Å². The molecule has 0 aromatic carbocycles. The van der Waals surface area contributed by atoms with E-state index in [2.05, 4.69) is 31.0 Å². The molecule has 2 rings (SSSR count). The zero-order chi connectivity index (χ0) is 13.0. The molecule has 0 aromatic rings. The highest BCUT2D eigenvalue weighted by Crippen LogP contribution is 2.34. The first-order valence-electron chi connectivity index (χ1n) is 8.19. The molecule has 3 unspecified atom stereocenters. The van der Waals surface area contributed by atoms with Crippen molar-refractivity contribution in [2.24, 2.45) is 11.8 Å². The highest BCUT2D eigenvalue weighted by atomic mass is 15.2. The van der Waals surface area contributed by atoms with Gasteiger partial charge in [0.15, 0.2) is 0 Å². The van der Waals surface area contributed by atoms with E-state index >= 15 is 0 Å². The summed E-state index contributed by atoms with van der Waals surface area (Å²) in [5.41, 5.74) is 0. The molecule has 18 heavy (non-hydrogen) atoms. The molecule has 1 saturated carbocycles. The number of likely N-dealkylation sites (tertiary alicyclic amines) is 1. The van der Waals surface area contributed by atoms with Crippen LogP contribution in [0, 0.1) is 11.8 Å². The highest BCUT2D eigenvalue weighted by molar-refractivity contribution is 4.89. The number of hydrogen-bond acceptors (Lipinski definition) is 2. The summed E-state index contributed by atoms with van der Waals surface area (Å²) in [5.74, 6) is 1.80. The molecule has 1 N–H and O–H groups in total. The van der Waals surface area contributed by atoms with Gasteiger partial charge in [0, 0.05) is 18.6 Å². The van der Waals surface area contributed by atoms with E-state index in [0.717, 1.165) is 30.5 Å². The van der Waals surface area contributed by atoms with E-state index in [0.29, 0.717) is 0 Å². The van der Waals surface area contributed by atoms with Gasteiger partial charge in [-0.05, 0) is 50.6 Å². The third-order valence-corrected chi connectivity index (χ3v) is 5.05. The van der Waals surface area contributed by atoms with Gasteiger partial charge < -0.3 is 5.32 Å². The highest BCUT2D eigenvalue weighted by Gasteiger charge is 2.34. The minimum Gasteiger partial charge on any atom is -0.313 e. The molecule has 2 heteroatoms. The molecule has 2 fully saturated rings. The standard InChI is InChI=1S/C16H32N2/c1-4-17-14-8-7-11-18(12-14)16-10-6-5-9-15(16)13(2)3/h13-17H,4-12H2,1-3H3. The first kappa shape index (κ1) is 14.3. The van der Waals surface area contributed by atoms with Crippen molar-refractivity contribution in [2.45, 2.75) is 71.4 Å². The Hall–Kier alpha value is -0.0800. The fourth-order valence-corrected chi connectivity index (χ4v) is 4.13. The lowest BCUT2D eigenvalue weighted by Gasteiger charge is -2.45. The summed E-state index contributed by atoms with van der Waals surface area (Å²) in [6.07, 6.45) is 8.59. The molecule has 2 aliphatic rings. The predicted molar refractivity (Wildman–Crippen MR) is 78.9 cm³/mol. The van der Waals surface area contributed by atoms with Crippen molar-refractivity contribution in [2.75, 3.05) is 19.6 Å². The van der Waals surface area contributed by atoms with Crippen LogP contribution in [0.2, 0.25) is 0 Å². The minimum absolute atomic E-state index is 0.749. The summed E-state index contributed by atoms with van der Waals surface area (Å²) in [6, 6.07) is 1.62. The zero-order valence-electron chi connectivity index (χ0n) is 12.6. The number of hydrogen-bond donors (Lipinski definition) is 1. The molecule has 0 amide bonds. The van der Waals surface area contributed by atoms with Crippen LogP contribution in [0.4, 0.5) is 0 Å². The second kappa shape index (κ2) is 6.91. The van der Waals surface area contributed by atoms with Crippen LogP contribution in [-0.2, 0) is 0 Å². The summed E-state index contributed by atoms with van der Waals surface area (Å²) in [6.45, 7) is 10.8. The number of rotatable bonds is 4. The van der Waals surface area contributed by atoms with Crippen LogP contribution in [0.3, 0.4) is 0 Å². The van der Waals surface area contributed by atoms with Crippen LogP contribution >= 0.6 is 0 Å². The number of piperidine rings is 1. The van der Waals surface area contributed by atoms with Gasteiger partial charge in [-0.2, -0.15) is 0 Å². The summed E-state index contributed by atoms with van der Waals surface area (Å²) in [5, 5.41) is 3.66. The predicted octanol–water partition coefficient (Wildman–Crippen LogP) is 3.28. The van der Waals surface area contributed by atoms with Crippen LogP contribution in [0.1, 0.15) is 59.3 Å². The molecule has 1 saturated heterocycles. The Morgan fingerprint density at radius 3 is 2.61 bits per heavy atom. The largest absolute Gasteiger partial charge is 0.313 e. The SMILES string of the molecule is CCNC1CCCN(C2CCCCC2C(C)C)C1. The van der Waals surface area contributed by atoms with E-state index in [4.69, 9.17) is 0 Å². The average molecular weight is 252 g/mol. The van der Waals surface area contributed by atoms with Crippen molar-refractivity contribution >= 4 is 0 Å². The molecule has 106 valence electrons. The Balaban J connectivity index is 1.95. The first-order valence-corrected chi connectivity index (χ1v) is 8.19. The topological polar surface area (TPSA) is 15.3 Å². The van der Waals surface area contributed by atoms with Crippen molar-refractivity contribution in [1.82, 2.24) is 10.2 Å². The van der Waals surface area contributed by atoms with E-state index in [9.17, 15) is 0 Å². The lowest BCUT2D eigenvalue weighted by Crippen LogP contribution is -2.53. The van der Waals surface area contributed by atoms with Gasteiger partial charge in [-0.25, -0.2) is 0 Å². The van der Waals surface area contributed by atoms with Gasteiger partial charge in [0.2, 0.25) is 0 Å². The minimum atomic E-state index is 0.749. The number of likely N-dealkylation sites (N-methyl/N-ethyl adjacent to an activating group) is 1. The number of nitrogens with one attached hydrogen (secondary N) is 1. The molecule has 3 atom stereocenters. The quantitative estimate of drug-likeness (QED) is 0.826. The molecule has 0 spiro atoms. The molecule has 0 aromatic heterocycles. The van der Waals surface area contributed by atoms with Crippen molar-refractivity contribution < 1.29 is 0 Å². The maximum Gasteiger partial charge on any atom is 0.0195 e. The Bertz CT molecular complexity index is 237. The van der Waals surface area contributed by atoms with Crippen molar-refractivity contribution in [3.05, 3.63) is 0 Å². The zero-order valence-corrected chi connectivity index (χ0v) is 12.6. The fourth-order valence-electron chi connectivity index (χ4n) is 4.13. The molecular formula is C16H32N2. The van der Waals surface area contributed by atoms with E-state index in [1.807, 2.05) is 0 Å². The Labute approximate surface area is 114 Å². The average Bonchev–Trinajstić information content (AvgIpc) is 2.39. The van der Waals surface area contributed by atoms with Crippen molar-refractivity contribution in [3.63, 3.8) is 0 Å². The van der Waals surface area contributed by atoms with Gasteiger partial charge in [-0.1, -0.05) is 33.6 Å². The lowest BCUT2D eigenvalue weighted by atomic mass is 9.76. The molecule has 1 aliphatic carbocycles. The maximum atomic E-state index is 3.66. The van der Waals surface area contributed by atoms with E-state index in [1.54, 1.807) is 0 Å². The van der Waals surface area contributed by atoms with Gasteiger partial charge in [0.05, 0.1) is 0 Å². The third kappa shape index (κ3) is 3.48. The molecule has 0 bridgehead atoms. The van der Waals surface area contributed by atoms with Gasteiger partial charge in [0.1, 0.15) is 0 Å². The normalized spacial score (nSPS) is 35.0. The molecular weight excluding hydrogens is 220 g/mol. The number of nitrogens with zero attached hydrogens (tertiary/aromatic N) is 1. The van der Waals surface area contributed by atoms with Gasteiger partial charge in [-0.3, -0.25) is 4.90 Å². The fraction of sp³-hybridized carbons (Fsp3) is 1.00. The van der Waals surface area contributed by atoms with E-state index in [-0.39, 0.29) is 0 Å². The van der Waals surface area contributed by atoms with Gasteiger partial charge in [0.25, 0.3) is 0 Å². The summed E-state index contributed by atoms with van der Waals surface area (Å²) < 4.78 is 0. The summed E-state index contributed by atoms with van der Waals surface area (Å²) >= 11 is 0. The van der Waals surface area contributed by atoms with Crippen LogP contribution < -0.4 is 5.32 Å². The molecule has 2 nitrogen and oxygen atoms in total. The second-order valence-corrected chi connectivity index (χ2v) is 6.65. The lowest BCUT2D eigenvalue weighted by molar-refractivity contribution is 0.0523. The van der Waals surface area contributed by atoms with E-state index in [1.165, 1.54) is 51.6 Å². The second-order valence-electron chi connectivity index (χ2n) is 6.65. The maximum absolute atomic E-state index is 3.66. The Morgan fingerprint density at radius 2 is 1.89 bits per heavy atom. The molecule has 1 heterocycles. The third-order valence-electron chi connectivity index (χ3n) is 5.05. The first-order chi connectivity index (χ1) is 8.72. The Morgan fingerprint density at radius 1 is 1.11 bits per heavy atom. The van der Waals surface area contributed by atoms with E-state index < -0.39 is 0 Å². The van der Waals surface area contributed by atoms with Gasteiger partial charge >= 0.3 is 0 Å². The van der Waals surface area contributed by atoms with Gasteiger partial charge in [-0.15, -0.1) is 0 Å². The molecule has 0 radical (unpaired) electrons. The van der Waals surface area contributed by atoms with Crippen LogP contribution in [0.25, 0.3) is 0 Å². The van der Waals surface area contributed by atoms with Crippen LogP contribution in [0.5, 0.6) is 0 Å². The molecule has 1 aliphatic heterocycles. The van der Waals surface area contributed by atoms with Crippen molar-refractivity contribution in [3.8, 4) is 0 Å².